The lowest BCUT2D eigenvalue weighted by atomic mass is 9.81. The molecule has 0 spiro atoms. The molecule has 3 heteroatoms. The van der Waals surface area contributed by atoms with Crippen molar-refractivity contribution >= 4 is 17.3 Å². The lowest BCUT2D eigenvalue weighted by Crippen LogP contribution is -2.33. The second-order valence-corrected chi connectivity index (χ2v) is 6.00. The SMILES string of the molecule is O=C(O)C1(Cc2cccs2)Cc2ccccc2C1. The Kier molecular flexibility index (Phi) is 2.71. The summed E-state index contributed by atoms with van der Waals surface area (Å²) in [4.78, 5) is 12.9. The van der Waals surface area contributed by atoms with Crippen LogP contribution in [0.2, 0.25) is 0 Å². The quantitative estimate of drug-likeness (QED) is 0.918. The number of carboxylic acids is 1. The molecule has 0 radical (unpaired) electrons. The second-order valence-electron chi connectivity index (χ2n) is 4.96. The Morgan fingerprint density at radius 2 is 1.83 bits per heavy atom. The minimum Gasteiger partial charge on any atom is -0.481 e. The maximum atomic E-state index is 11.7. The summed E-state index contributed by atoms with van der Waals surface area (Å²) in [5.41, 5.74) is 1.74. The third-order valence-electron chi connectivity index (χ3n) is 3.72. The standard InChI is InChI=1S/C15H14O2S/c16-14(17)15(10-13-6-3-7-18-13)8-11-4-1-2-5-12(11)9-15/h1-7H,8-10H2,(H,16,17). The third kappa shape index (κ3) is 1.85. The highest BCUT2D eigenvalue weighted by molar-refractivity contribution is 7.09. The van der Waals surface area contributed by atoms with Crippen LogP contribution in [-0.2, 0) is 24.1 Å². The number of carbonyl (C=O) groups is 1. The molecule has 1 heterocycles. The molecule has 1 aliphatic rings. The molecule has 0 bridgehead atoms. The molecular weight excluding hydrogens is 244 g/mol. The Hall–Kier alpha value is -1.61. The zero-order valence-corrected chi connectivity index (χ0v) is 10.7. The van der Waals surface area contributed by atoms with Gasteiger partial charge in [0.15, 0.2) is 0 Å². The van der Waals surface area contributed by atoms with Crippen molar-refractivity contribution in [3.8, 4) is 0 Å². The fraction of sp³-hybridized carbons (Fsp3) is 0.267. The van der Waals surface area contributed by atoms with Crippen LogP contribution in [0.15, 0.2) is 41.8 Å². The van der Waals surface area contributed by atoms with Gasteiger partial charge >= 0.3 is 5.97 Å². The van der Waals surface area contributed by atoms with E-state index in [-0.39, 0.29) is 0 Å². The maximum Gasteiger partial charge on any atom is 0.310 e. The highest BCUT2D eigenvalue weighted by Crippen LogP contribution is 2.40. The summed E-state index contributed by atoms with van der Waals surface area (Å²) >= 11 is 1.64. The Labute approximate surface area is 110 Å². The average Bonchev–Trinajstić information content (AvgIpc) is 2.96. The second kappa shape index (κ2) is 4.25. The van der Waals surface area contributed by atoms with E-state index in [0.29, 0.717) is 19.3 Å². The monoisotopic (exact) mass is 258 g/mol. The van der Waals surface area contributed by atoms with Crippen molar-refractivity contribution in [1.82, 2.24) is 0 Å². The normalized spacial score (nSPS) is 16.4. The van der Waals surface area contributed by atoms with Crippen LogP contribution in [0.25, 0.3) is 0 Å². The number of rotatable bonds is 3. The lowest BCUT2D eigenvalue weighted by Gasteiger charge is -2.23. The number of hydrogen-bond donors (Lipinski definition) is 1. The van der Waals surface area contributed by atoms with Crippen molar-refractivity contribution in [3.63, 3.8) is 0 Å². The number of fused-ring (bicyclic) bond motifs is 1. The summed E-state index contributed by atoms with van der Waals surface area (Å²) in [5, 5.41) is 11.6. The first-order chi connectivity index (χ1) is 8.70. The van der Waals surface area contributed by atoms with Gasteiger partial charge in [-0.3, -0.25) is 4.79 Å². The Bertz CT molecular complexity index is 541. The van der Waals surface area contributed by atoms with Crippen molar-refractivity contribution < 1.29 is 9.90 Å². The highest BCUT2D eigenvalue weighted by atomic mass is 32.1. The molecule has 3 rings (SSSR count). The molecule has 1 aromatic carbocycles. The molecule has 0 saturated carbocycles. The predicted octanol–water partition coefficient (Wildman–Crippen LogP) is 3.16. The van der Waals surface area contributed by atoms with Crippen LogP contribution in [-0.4, -0.2) is 11.1 Å². The van der Waals surface area contributed by atoms with E-state index < -0.39 is 11.4 Å². The van der Waals surface area contributed by atoms with Crippen molar-refractivity contribution in [2.24, 2.45) is 5.41 Å². The summed E-state index contributed by atoms with van der Waals surface area (Å²) in [6, 6.07) is 12.1. The number of carboxylic acid groups (broad SMARTS) is 1. The molecule has 18 heavy (non-hydrogen) atoms. The molecule has 1 aromatic heterocycles. The minimum atomic E-state index is -0.674. The molecule has 0 fully saturated rings. The van der Waals surface area contributed by atoms with Crippen LogP contribution >= 0.6 is 11.3 Å². The van der Waals surface area contributed by atoms with Gasteiger partial charge in [-0.2, -0.15) is 0 Å². The molecule has 1 N–H and O–H groups in total. The predicted molar refractivity (Wildman–Crippen MR) is 71.9 cm³/mol. The van der Waals surface area contributed by atoms with E-state index in [0.717, 1.165) is 4.88 Å². The topological polar surface area (TPSA) is 37.3 Å². The van der Waals surface area contributed by atoms with Crippen molar-refractivity contribution in [1.29, 1.82) is 0 Å². The zero-order chi connectivity index (χ0) is 12.6. The van der Waals surface area contributed by atoms with Gasteiger partial charge in [-0.05, 0) is 41.8 Å². The first-order valence-electron chi connectivity index (χ1n) is 6.02. The number of hydrogen-bond acceptors (Lipinski definition) is 2. The number of thiophene rings is 1. The van der Waals surface area contributed by atoms with E-state index in [9.17, 15) is 9.90 Å². The van der Waals surface area contributed by atoms with Gasteiger partial charge in [0, 0.05) is 4.88 Å². The van der Waals surface area contributed by atoms with Crippen LogP contribution < -0.4 is 0 Å². The van der Waals surface area contributed by atoms with Crippen LogP contribution in [0, 0.1) is 5.41 Å². The Morgan fingerprint density at radius 3 is 2.33 bits per heavy atom. The van der Waals surface area contributed by atoms with Gasteiger partial charge in [0.1, 0.15) is 0 Å². The van der Waals surface area contributed by atoms with E-state index in [2.05, 4.69) is 12.1 Å². The van der Waals surface area contributed by atoms with Gasteiger partial charge < -0.3 is 5.11 Å². The van der Waals surface area contributed by atoms with Crippen molar-refractivity contribution in [2.75, 3.05) is 0 Å². The zero-order valence-electron chi connectivity index (χ0n) is 9.93. The summed E-state index contributed by atoms with van der Waals surface area (Å²) in [6.07, 6.45) is 1.93. The fourth-order valence-electron chi connectivity index (χ4n) is 2.79. The molecule has 0 saturated heterocycles. The van der Waals surface area contributed by atoms with Crippen LogP contribution in [0.1, 0.15) is 16.0 Å². The first-order valence-corrected chi connectivity index (χ1v) is 6.90. The smallest absolute Gasteiger partial charge is 0.310 e. The Balaban J connectivity index is 1.94. The van der Waals surface area contributed by atoms with E-state index in [1.54, 1.807) is 11.3 Å². The first kappa shape index (κ1) is 11.5. The van der Waals surface area contributed by atoms with Crippen molar-refractivity contribution in [3.05, 3.63) is 57.8 Å². The van der Waals surface area contributed by atoms with Crippen molar-refractivity contribution in [2.45, 2.75) is 19.3 Å². The summed E-state index contributed by atoms with van der Waals surface area (Å²) < 4.78 is 0. The van der Waals surface area contributed by atoms with E-state index in [1.165, 1.54) is 11.1 Å². The molecule has 2 aromatic rings. The van der Waals surface area contributed by atoms with Gasteiger partial charge in [0.05, 0.1) is 5.41 Å². The molecule has 0 atom stereocenters. The van der Waals surface area contributed by atoms with Crippen LogP contribution in [0.5, 0.6) is 0 Å². The van der Waals surface area contributed by atoms with Gasteiger partial charge in [0.25, 0.3) is 0 Å². The van der Waals surface area contributed by atoms with E-state index in [4.69, 9.17) is 0 Å². The van der Waals surface area contributed by atoms with Gasteiger partial charge in [0.2, 0.25) is 0 Å². The minimum absolute atomic E-state index is 0.634. The molecule has 0 amide bonds. The molecule has 1 aliphatic carbocycles. The third-order valence-corrected chi connectivity index (χ3v) is 4.60. The van der Waals surface area contributed by atoms with Crippen LogP contribution in [0.4, 0.5) is 0 Å². The highest BCUT2D eigenvalue weighted by Gasteiger charge is 2.44. The summed E-state index contributed by atoms with van der Waals surface area (Å²) in [6.45, 7) is 0. The summed E-state index contributed by atoms with van der Waals surface area (Å²) in [7, 11) is 0. The molecule has 2 nitrogen and oxygen atoms in total. The molecule has 0 aliphatic heterocycles. The molecule has 92 valence electrons. The van der Waals surface area contributed by atoms with Gasteiger partial charge in [-0.15, -0.1) is 11.3 Å². The lowest BCUT2D eigenvalue weighted by molar-refractivity contribution is -0.148. The number of aliphatic carboxylic acids is 1. The van der Waals surface area contributed by atoms with E-state index in [1.807, 2.05) is 29.6 Å². The number of benzene rings is 1. The fourth-order valence-corrected chi connectivity index (χ4v) is 3.64. The average molecular weight is 258 g/mol. The van der Waals surface area contributed by atoms with Crippen LogP contribution in [0.3, 0.4) is 0 Å². The molecular formula is C15H14O2S. The van der Waals surface area contributed by atoms with Gasteiger partial charge in [-0.1, -0.05) is 30.3 Å². The maximum absolute atomic E-state index is 11.7. The van der Waals surface area contributed by atoms with E-state index >= 15 is 0 Å². The summed E-state index contributed by atoms with van der Waals surface area (Å²) in [5.74, 6) is -0.674. The Morgan fingerprint density at radius 1 is 1.17 bits per heavy atom. The largest absolute Gasteiger partial charge is 0.481 e. The molecule has 0 unspecified atom stereocenters. The van der Waals surface area contributed by atoms with Gasteiger partial charge in [-0.25, -0.2) is 0 Å².